The van der Waals surface area contributed by atoms with Crippen LogP contribution in [0.15, 0.2) is 41.8 Å². The van der Waals surface area contributed by atoms with Gasteiger partial charge in [0.15, 0.2) is 0 Å². The highest BCUT2D eigenvalue weighted by Gasteiger charge is 2.44. The molecule has 3 nitrogen and oxygen atoms in total. The van der Waals surface area contributed by atoms with E-state index in [1.165, 1.54) is 28.8 Å². The van der Waals surface area contributed by atoms with Gasteiger partial charge in [-0.2, -0.15) is 0 Å². The summed E-state index contributed by atoms with van der Waals surface area (Å²) in [4.78, 5) is 15.8. The predicted molar refractivity (Wildman–Crippen MR) is 89.2 cm³/mol. The summed E-state index contributed by atoms with van der Waals surface area (Å²) in [5, 5.41) is 5.29. The SMILES string of the molecule is O=C(NCC1(c2ccccc2)CC1)N1CCc2sccc2C1. The zero-order valence-corrected chi connectivity index (χ0v) is 13.4. The number of rotatable bonds is 3. The molecule has 1 N–H and O–H groups in total. The molecule has 2 aliphatic rings. The number of hydrogen-bond acceptors (Lipinski definition) is 2. The van der Waals surface area contributed by atoms with Crippen molar-refractivity contribution in [1.29, 1.82) is 0 Å². The van der Waals surface area contributed by atoms with E-state index in [1.54, 1.807) is 11.3 Å². The molecule has 0 saturated heterocycles. The molecular weight excluding hydrogens is 292 g/mol. The molecule has 1 aliphatic heterocycles. The molecule has 22 heavy (non-hydrogen) atoms. The average Bonchev–Trinajstić information content (AvgIpc) is 3.22. The zero-order chi connectivity index (χ0) is 15.0. The van der Waals surface area contributed by atoms with E-state index in [0.29, 0.717) is 0 Å². The van der Waals surface area contributed by atoms with Gasteiger partial charge < -0.3 is 10.2 Å². The molecule has 0 atom stereocenters. The summed E-state index contributed by atoms with van der Waals surface area (Å²) in [5.41, 5.74) is 2.85. The van der Waals surface area contributed by atoms with Gasteiger partial charge in [0.05, 0.1) is 0 Å². The molecule has 1 aromatic carbocycles. The number of carbonyl (C=O) groups is 1. The number of urea groups is 1. The summed E-state index contributed by atoms with van der Waals surface area (Å²) in [5.74, 6) is 0. The van der Waals surface area contributed by atoms with Gasteiger partial charge in [-0.3, -0.25) is 0 Å². The molecule has 0 unspecified atom stereocenters. The van der Waals surface area contributed by atoms with E-state index in [9.17, 15) is 4.79 Å². The fourth-order valence-corrected chi connectivity index (χ4v) is 4.18. The first-order chi connectivity index (χ1) is 10.8. The highest BCUT2D eigenvalue weighted by atomic mass is 32.1. The molecule has 1 aromatic heterocycles. The Morgan fingerprint density at radius 2 is 2.05 bits per heavy atom. The first kappa shape index (κ1) is 13.8. The van der Waals surface area contributed by atoms with E-state index in [2.05, 4.69) is 41.0 Å². The number of carbonyl (C=O) groups excluding carboxylic acids is 1. The minimum absolute atomic E-state index is 0.0825. The van der Waals surface area contributed by atoms with Gasteiger partial charge in [-0.1, -0.05) is 30.3 Å². The van der Waals surface area contributed by atoms with Crippen LogP contribution in [-0.2, 0) is 18.4 Å². The Labute approximate surface area is 135 Å². The van der Waals surface area contributed by atoms with Crippen LogP contribution in [0.25, 0.3) is 0 Å². The molecule has 114 valence electrons. The minimum Gasteiger partial charge on any atom is -0.337 e. The predicted octanol–water partition coefficient (Wildman–Crippen LogP) is 3.55. The third-order valence-electron chi connectivity index (χ3n) is 4.91. The number of fused-ring (bicyclic) bond motifs is 1. The molecule has 4 rings (SSSR count). The van der Waals surface area contributed by atoms with Crippen molar-refractivity contribution < 1.29 is 4.79 Å². The van der Waals surface area contributed by atoms with E-state index < -0.39 is 0 Å². The molecule has 4 heteroatoms. The molecule has 0 spiro atoms. The molecular formula is C18H20N2OS. The summed E-state index contributed by atoms with van der Waals surface area (Å²) < 4.78 is 0. The van der Waals surface area contributed by atoms with Gasteiger partial charge in [0.1, 0.15) is 0 Å². The zero-order valence-electron chi connectivity index (χ0n) is 12.5. The summed E-state index contributed by atoms with van der Waals surface area (Å²) >= 11 is 1.81. The largest absolute Gasteiger partial charge is 0.337 e. The molecule has 2 heterocycles. The lowest BCUT2D eigenvalue weighted by molar-refractivity contribution is 0.192. The van der Waals surface area contributed by atoms with Crippen molar-refractivity contribution in [3.63, 3.8) is 0 Å². The van der Waals surface area contributed by atoms with Crippen LogP contribution < -0.4 is 5.32 Å². The smallest absolute Gasteiger partial charge is 0.317 e. The molecule has 0 radical (unpaired) electrons. The van der Waals surface area contributed by atoms with Crippen LogP contribution >= 0.6 is 11.3 Å². The molecule has 0 bridgehead atoms. The van der Waals surface area contributed by atoms with Gasteiger partial charge >= 0.3 is 6.03 Å². The molecule has 1 fully saturated rings. The Hall–Kier alpha value is -1.81. The lowest BCUT2D eigenvalue weighted by atomic mass is 9.96. The number of thiophene rings is 1. The fourth-order valence-electron chi connectivity index (χ4n) is 3.29. The second-order valence-corrected chi connectivity index (χ2v) is 7.35. The van der Waals surface area contributed by atoms with Crippen molar-refractivity contribution in [3.8, 4) is 0 Å². The minimum atomic E-state index is 0.0825. The Balaban J connectivity index is 1.38. The number of nitrogens with one attached hydrogen (secondary N) is 1. The van der Waals surface area contributed by atoms with E-state index in [-0.39, 0.29) is 11.4 Å². The van der Waals surface area contributed by atoms with E-state index in [1.807, 2.05) is 11.0 Å². The number of hydrogen-bond donors (Lipinski definition) is 1. The number of nitrogens with zero attached hydrogens (tertiary/aromatic N) is 1. The molecule has 2 amide bonds. The second kappa shape index (κ2) is 5.43. The number of benzene rings is 1. The first-order valence-electron chi connectivity index (χ1n) is 7.90. The maximum atomic E-state index is 12.5. The van der Waals surface area contributed by atoms with E-state index in [0.717, 1.165) is 26.1 Å². The maximum absolute atomic E-state index is 12.5. The summed E-state index contributed by atoms with van der Waals surface area (Å²) in [7, 11) is 0. The topological polar surface area (TPSA) is 32.3 Å². The third-order valence-corrected chi connectivity index (χ3v) is 5.94. The van der Waals surface area contributed by atoms with Gasteiger partial charge in [0.25, 0.3) is 0 Å². The molecule has 2 aromatic rings. The van der Waals surface area contributed by atoms with Gasteiger partial charge in [0, 0.05) is 29.9 Å². The summed E-state index contributed by atoms with van der Waals surface area (Å²) in [6, 6.07) is 12.8. The van der Waals surface area contributed by atoms with Gasteiger partial charge in [0.2, 0.25) is 0 Å². The first-order valence-corrected chi connectivity index (χ1v) is 8.78. The Morgan fingerprint density at radius 3 is 2.82 bits per heavy atom. The van der Waals surface area contributed by atoms with Crippen molar-refractivity contribution in [2.24, 2.45) is 0 Å². The maximum Gasteiger partial charge on any atom is 0.317 e. The normalized spacial score (nSPS) is 18.6. The highest BCUT2D eigenvalue weighted by Crippen LogP contribution is 2.47. The van der Waals surface area contributed by atoms with Crippen molar-refractivity contribution in [2.45, 2.75) is 31.2 Å². The van der Waals surface area contributed by atoms with E-state index in [4.69, 9.17) is 0 Å². The second-order valence-electron chi connectivity index (χ2n) is 6.35. The van der Waals surface area contributed by atoms with Crippen molar-refractivity contribution in [2.75, 3.05) is 13.1 Å². The Bertz CT molecular complexity index is 675. The average molecular weight is 312 g/mol. The fraction of sp³-hybridized carbons (Fsp3) is 0.389. The van der Waals surface area contributed by atoms with Gasteiger partial charge in [-0.25, -0.2) is 4.79 Å². The Morgan fingerprint density at radius 1 is 1.23 bits per heavy atom. The van der Waals surface area contributed by atoms with Crippen LogP contribution in [0.2, 0.25) is 0 Å². The van der Waals surface area contributed by atoms with Crippen LogP contribution in [0, 0.1) is 0 Å². The summed E-state index contributed by atoms with van der Waals surface area (Å²) in [6.07, 6.45) is 3.34. The highest BCUT2D eigenvalue weighted by molar-refractivity contribution is 7.10. The van der Waals surface area contributed by atoms with E-state index >= 15 is 0 Å². The lowest BCUT2D eigenvalue weighted by Gasteiger charge is -2.28. The van der Waals surface area contributed by atoms with Crippen LogP contribution in [0.1, 0.15) is 28.8 Å². The van der Waals surface area contributed by atoms with Crippen LogP contribution in [0.4, 0.5) is 4.79 Å². The van der Waals surface area contributed by atoms with Crippen LogP contribution in [0.3, 0.4) is 0 Å². The monoisotopic (exact) mass is 312 g/mol. The quantitative estimate of drug-likeness (QED) is 0.923. The molecule has 1 saturated carbocycles. The molecule has 1 aliphatic carbocycles. The van der Waals surface area contributed by atoms with Crippen molar-refractivity contribution in [1.82, 2.24) is 10.2 Å². The van der Waals surface area contributed by atoms with Crippen molar-refractivity contribution >= 4 is 17.4 Å². The van der Waals surface area contributed by atoms with Crippen molar-refractivity contribution in [3.05, 3.63) is 57.8 Å². The summed E-state index contributed by atoms with van der Waals surface area (Å²) in [6.45, 7) is 2.34. The standard InChI is InChI=1S/C18H20N2OS/c21-17(20-10-6-16-14(12-20)7-11-22-16)19-13-18(8-9-18)15-4-2-1-3-5-15/h1-5,7,11H,6,8-10,12-13H2,(H,19,21). The van der Waals surface area contributed by atoms with Gasteiger partial charge in [-0.05, 0) is 41.8 Å². The van der Waals surface area contributed by atoms with Crippen LogP contribution in [-0.4, -0.2) is 24.0 Å². The Kier molecular flexibility index (Phi) is 3.41. The number of amides is 2. The third kappa shape index (κ3) is 2.52. The van der Waals surface area contributed by atoms with Crippen LogP contribution in [0.5, 0.6) is 0 Å². The van der Waals surface area contributed by atoms with Gasteiger partial charge in [-0.15, -0.1) is 11.3 Å². The lowest BCUT2D eigenvalue weighted by Crippen LogP contribution is -2.44.